The third kappa shape index (κ3) is 3.63. The molecule has 4 aliphatic rings. The van der Waals surface area contributed by atoms with E-state index in [0.717, 1.165) is 71.4 Å². The van der Waals surface area contributed by atoms with Gasteiger partial charge in [-0.25, -0.2) is 0 Å². The van der Waals surface area contributed by atoms with Crippen molar-refractivity contribution in [2.24, 2.45) is 11.3 Å². The second kappa shape index (κ2) is 7.47. The predicted molar refractivity (Wildman–Crippen MR) is 101 cm³/mol. The van der Waals surface area contributed by atoms with Gasteiger partial charge in [-0.05, 0) is 57.5 Å². The van der Waals surface area contributed by atoms with Crippen LogP contribution < -0.4 is 10.6 Å². The lowest BCUT2D eigenvalue weighted by atomic mass is 9.91. The molecule has 2 aliphatic heterocycles. The molecule has 4 fully saturated rings. The molecule has 6 heteroatoms. The Hall–Kier alpha value is -1.14. The van der Waals surface area contributed by atoms with Crippen LogP contribution in [0.1, 0.15) is 51.9 Å². The lowest BCUT2D eigenvalue weighted by Crippen LogP contribution is -2.56. The van der Waals surface area contributed by atoms with Crippen LogP contribution in [0.15, 0.2) is 0 Å². The van der Waals surface area contributed by atoms with Gasteiger partial charge in [0.15, 0.2) is 0 Å². The van der Waals surface area contributed by atoms with Gasteiger partial charge < -0.3 is 15.5 Å². The highest BCUT2D eigenvalue weighted by molar-refractivity contribution is 5.83. The molecule has 2 unspecified atom stereocenters. The van der Waals surface area contributed by atoms with Gasteiger partial charge in [-0.1, -0.05) is 12.8 Å². The highest BCUT2D eigenvalue weighted by Gasteiger charge is 2.58. The van der Waals surface area contributed by atoms with Crippen molar-refractivity contribution >= 4 is 11.8 Å². The normalized spacial score (nSPS) is 30.3. The van der Waals surface area contributed by atoms with Crippen LogP contribution in [-0.4, -0.2) is 73.0 Å². The molecule has 4 rings (SSSR count). The molecule has 6 nitrogen and oxygen atoms in total. The van der Waals surface area contributed by atoms with Gasteiger partial charge >= 0.3 is 0 Å². The number of nitrogens with zero attached hydrogens (tertiary/aromatic N) is 2. The first-order chi connectivity index (χ1) is 12.6. The molecule has 0 radical (unpaired) electrons. The number of rotatable bonds is 4. The standard InChI is InChI=1S/C20H34N4O2/c1-15(18(25)22-16-4-2-3-5-16)23-10-12-24(13-11-23)19(26)17-14-20(17)6-8-21-9-7-20/h15-17,21H,2-14H2,1H3,(H,22,25). The summed E-state index contributed by atoms with van der Waals surface area (Å²) in [6.45, 7) is 7.29. The van der Waals surface area contributed by atoms with Crippen LogP contribution in [0.4, 0.5) is 0 Å². The molecule has 0 aromatic rings. The van der Waals surface area contributed by atoms with Gasteiger partial charge in [-0.2, -0.15) is 0 Å². The molecule has 2 heterocycles. The number of amides is 2. The SMILES string of the molecule is CC(C(=O)NC1CCCC1)N1CCN(C(=O)C2CC23CCNCC3)CC1. The van der Waals surface area contributed by atoms with Gasteiger partial charge in [-0.3, -0.25) is 14.5 Å². The minimum absolute atomic E-state index is 0.0930. The number of carbonyl (C=O) groups excluding carboxylic acids is 2. The predicted octanol–water partition coefficient (Wildman–Crippen LogP) is 0.968. The van der Waals surface area contributed by atoms with Crippen molar-refractivity contribution in [2.45, 2.75) is 64.0 Å². The van der Waals surface area contributed by atoms with Crippen molar-refractivity contribution in [2.75, 3.05) is 39.3 Å². The molecular formula is C20H34N4O2. The summed E-state index contributed by atoms with van der Waals surface area (Å²) < 4.78 is 0. The maximum atomic E-state index is 12.9. The molecular weight excluding hydrogens is 328 g/mol. The summed E-state index contributed by atoms with van der Waals surface area (Å²) >= 11 is 0. The number of hydrogen-bond donors (Lipinski definition) is 2. The Labute approximate surface area is 157 Å². The van der Waals surface area contributed by atoms with E-state index in [4.69, 9.17) is 0 Å². The summed E-state index contributed by atoms with van der Waals surface area (Å²) in [5, 5.41) is 6.61. The maximum absolute atomic E-state index is 12.9. The van der Waals surface area contributed by atoms with E-state index in [0.29, 0.717) is 17.4 Å². The van der Waals surface area contributed by atoms with E-state index in [9.17, 15) is 9.59 Å². The fraction of sp³-hybridized carbons (Fsp3) is 0.900. The number of nitrogens with one attached hydrogen (secondary N) is 2. The van der Waals surface area contributed by atoms with Gasteiger partial charge in [0, 0.05) is 38.1 Å². The van der Waals surface area contributed by atoms with Crippen molar-refractivity contribution in [3.63, 3.8) is 0 Å². The summed E-state index contributed by atoms with van der Waals surface area (Å²) in [4.78, 5) is 29.7. The largest absolute Gasteiger partial charge is 0.352 e. The topological polar surface area (TPSA) is 64.7 Å². The monoisotopic (exact) mass is 362 g/mol. The minimum Gasteiger partial charge on any atom is -0.352 e. The molecule has 2 amide bonds. The van der Waals surface area contributed by atoms with E-state index < -0.39 is 0 Å². The Kier molecular flexibility index (Phi) is 5.24. The highest BCUT2D eigenvalue weighted by Crippen LogP contribution is 2.59. The molecule has 146 valence electrons. The van der Waals surface area contributed by atoms with E-state index in [1.165, 1.54) is 12.8 Å². The second-order valence-electron chi connectivity index (χ2n) is 8.90. The molecule has 0 aromatic carbocycles. The lowest BCUT2D eigenvalue weighted by Gasteiger charge is -2.38. The average Bonchev–Trinajstić information content (AvgIpc) is 3.10. The zero-order valence-corrected chi connectivity index (χ0v) is 16.1. The van der Waals surface area contributed by atoms with Crippen LogP contribution >= 0.6 is 0 Å². The van der Waals surface area contributed by atoms with Crippen molar-refractivity contribution in [3.8, 4) is 0 Å². The molecule has 2 aliphatic carbocycles. The van der Waals surface area contributed by atoms with E-state index in [2.05, 4.69) is 20.4 Å². The quantitative estimate of drug-likeness (QED) is 0.782. The molecule has 2 N–H and O–H groups in total. The fourth-order valence-electron chi connectivity index (χ4n) is 5.28. The van der Waals surface area contributed by atoms with Crippen LogP contribution in [0.5, 0.6) is 0 Å². The summed E-state index contributed by atoms with van der Waals surface area (Å²) in [7, 11) is 0. The van der Waals surface area contributed by atoms with Crippen molar-refractivity contribution in [1.82, 2.24) is 20.4 Å². The Bertz CT molecular complexity index is 532. The van der Waals surface area contributed by atoms with Gasteiger partial charge in [0.2, 0.25) is 11.8 Å². The number of carbonyl (C=O) groups is 2. The Morgan fingerprint density at radius 2 is 1.73 bits per heavy atom. The van der Waals surface area contributed by atoms with Crippen molar-refractivity contribution in [3.05, 3.63) is 0 Å². The van der Waals surface area contributed by atoms with Gasteiger partial charge in [0.1, 0.15) is 0 Å². The summed E-state index contributed by atoms with van der Waals surface area (Å²) in [6, 6.07) is 0.286. The Morgan fingerprint density at radius 3 is 2.38 bits per heavy atom. The Morgan fingerprint density at radius 1 is 1.08 bits per heavy atom. The first-order valence-electron chi connectivity index (χ1n) is 10.6. The zero-order valence-electron chi connectivity index (χ0n) is 16.1. The van der Waals surface area contributed by atoms with E-state index in [1.807, 2.05) is 6.92 Å². The summed E-state index contributed by atoms with van der Waals surface area (Å²) in [5.41, 5.74) is 0.313. The van der Waals surface area contributed by atoms with E-state index in [-0.39, 0.29) is 17.9 Å². The molecule has 26 heavy (non-hydrogen) atoms. The molecule has 1 spiro atoms. The smallest absolute Gasteiger partial charge is 0.237 e. The third-order valence-electron chi connectivity index (χ3n) is 7.34. The molecule has 2 atom stereocenters. The summed E-state index contributed by atoms with van der Waals surface area (Å²) in [5.74, 6) is 0.793. The molecule has 2 saturated heterocycles. The zero-order chi connectivity index (χ0) is 18.1. The first kappa shape index (κ1) is 18.2. The van der Waals surface area contributed by atoms with Crippen molar-refractivity contribution < 1.29 is 9.59 Å². The number of hydrogen-bond acceptors (Lipinski definition) is 4. The van der Waals surface area contributed by atoms with Gasteiger partial charge in [0.25, 0.3) is 0 Å². The van der Waals surface area contributed by atoms with E-state index >= 15 is 0 Å². The van der Waals surface area contributed by atoms with Crippen LogP contribution in [0.2, 0.25) is 0 Å². The highest BCUT2D eigenvalue weighted by atomic mass is 16.2. The second-order valence-corrected chi connectivity index (χ2v) is 8.90. The fourth-order valence-corrected chi connectivity index (χ4v) is 5.28. The average molecular weight is 363 g/mol. The van der Waals surface area contributed by atoms with Crippen molar-refractivity contribution in [1.29, 1.82) is 0 Å². The maximum Gasteiger partial charge on any atom is 0.237 e. The van der Waals surface area contributed by atoms with Crippen LogP contribution in [0.3, 0.4) is 0 Å². The number of piperazine rings is 1. The lowest BCUT2D eigenvalue weighted by molar-refractivity contribution is -0.136. The molecule has 0 aromatic heterocycles. The molecule has 0 bridgehead atoms. The van der Waals surface area contributed by atoms with Gasteiger partial charge in [-0.15, -0.1) is 0 Å². The summed E-state index contributed by atoms with van der Waals surface area (Å²) in [6.07, 6.45) is 8.12. The van der Waals surface area contributed by atoms with Gasteiger partial charge in [0.05, 0.1) is 6.04 Å². The minimum atomic E-state index is -0.0930. The van der Waals surface area contributed by atoms with Crippen LogP contribution in [0, 0.1) is 11.3 Å². The third-order valence-corrected chi connectivity index (χ3v) is 7.34. The molecule has 2 saturated carbocycles. The Balaban J connectivity index is 1.23. The van der Waals surface area contributed by atoms with E-state index in [1.54, 1.807) is 0 Å². The van der Waals surface area contributed by atoms with Crippen LogP contribution in [-0.2, 0) is 9.59 Å². The first-order valence-corrected chi connectivity index (χ1v) is 10.6. The van der Waals surface area contributed by atoms with Crippen LogP contribution in [0.25, 0.3) is 0 Å². The number of piperidine rings is 1.